The van der Waals surface area contributed by atoms with E-state index in [4.69, 9.17) is 0 Å². The molecule has 0 atom stereocenters. The van der Waals surface area contributed by atoms with Crippen molar-refractivity contribution in [3.05, 3.63) is 0 Å². The third-order valence-corrected chi connectivity index (χ3v) is 3.45. The van der Waals surface area contributed by atoms with Gasteiger partial charge in [-0.05, 0) is 19.2 Å². The van der Waals surface area contributed by atoms with Crippen molar-refractivity contribution in [1.29, 1.82) is 0 Å². The smallest absolute Gasteiger partial charge is 0.309 e. The normalized spacial score (nSPS) is 21.5. The molecule has 0 saturated heterocycles. The van der Waals surface area contributed by atoms with Crippen molar-refractivity contribution in [3.8, 4) is 0 Å². The zero-order chi connectivity index (χ0) is 11.3. The van der Waals surface area contributed by atoms with Crippen LogP contribution in [-0.4, -0.2) is 23.0 Å². The van der Waals surface area contributed by atoms with Gasteiger partial charge < -0.3 is 10.1 Å². The van der Waals surface area contributed by atoms with Gasteiger partial charge in [0.1, 0.15) is 0 Å². The molecule has 0 aromatic rings. The van der Waals surface area contributed by atoms with Crippen LogP contribution in [-0.2, 0) is 4.79 Å². The molecule has 0 aliphatic heterocycles. The maximum atomic E-state index is 11.4. The van der Waals surface area contributed by atoms with Gasteiger partial charge in [0, 0.05) is 0 Å². The van der Waals surface area contributed by atoms with Crippen molar-refractivity contribution < 1.29 is 14.9 Å². The predicted octanol–water partition coefficient (Wildman–Crippen LogP) is 2.42. The number of hydrogen-bond acceptors (Lipinski definition) is 2. The number of aliphatic carboxylic acids is 1. The minimum absolute atomic E-state index is 0.405. The van der Waals surface area contributed by atoms with Crippen LogP contribution in [0.5, 0.6) is 0 Å². The molecular formula is C11H21BO3. The van der Waals surface area contributed by atoms with E-state index < -0.39 is 18.3 Å². The van der Waals surface area contributed by atoms with Crippen LogP contribution in [0.4, 0.5) is 0 Å². The summed E-state index contributed by atoms with van der Waals surface area (Å²) in [5, 5.41) is 18.8. The van der Waals surface area contributed by atoms with Crippen molar-refractivity contribution in [2.45, 2.75) is 58.1 Å². The summed E-state index contributed by atoms with van der Waals surface area (Å²) in [6, 6.07) is 0. The lowest BCUT2D eigenvalue weighted by atomic mass is 9.55. The van der Waals surface area contributed by atoms with Crippen LogP contribution < -0.4 is 0 Å². The fourth-order valence-corrected chi connectivity index (χ4v) is 2.65. The summed E-state index contributed by atoms with van der Waals surface area (Å²) in [5.74, 6) is -0.717. The summed E-state index contributed by atoms with van der Waals surface area (Å²) in [6.07, 6.45) is 7.33. The van der Waals surface area contributed by atoms with E-state index in [1.54, 1.807) is 6.82 Å². The fourth-order valence-electron chi connectivity index (χ4n) is 2.65. The Labute approximate surface area is 92.0 Å². The third kappa shape index (κ3) is 3.52. The number of carboxylic acids is 1. The summed E-state index contributed by atoms with van der Waals surface area (Å²) < 4.78 is 0. The molecule has 0 bridgehead atoms. The van der Waals surface area contributed by atoms with Crippen molar-refractivity contribution in [2.24, 2.45) is 5.41 Å². The SMILES string of the molecule is CB(O)CC1(C(=O)O)CCCCCCC1. The van der Waals surface area contributed by atoms with Crippen LogP contribution in [0.3, 0.4) is 0 Å². The van der Waals surface area contributed by atoms with Gasteiger partial charge in [-0.25, -0.2) is 0 Å². The highest BCUT2D eigenvalue weighted by Gasteiger charge is 2.39. The van der Waals surface area contributed by atoms with Gasteiger partial charge in [0.25, 0.3) is 6.92 Å². The minimum atomic E-state index is -0.717. The highest BCUT2D eigenvalue weighted by molar-refractivity contribution is 6.49. The number of hydrogen-bond donors (Lipinski definition) is 2. The Hall–Kier alpha value is -0.505. The number of rotatable bonds is 3. The molecule has 0 aromatic carbocycles. The van der Waals surface area contributed by atoms with Crippen LogP contribution in [0.25, 0.3) is 0 Å². The zero-order valence-corrected chi connectivity index (χ0v) is 9.54. The van der Waals surface area contributed by atoms with Crippen LogP contribution in [0.1, 0.15) is 44.9 Å². The number of carbonyl (C=O) groups is 1. The molecular weight excluding hydrogens is 191 g/mol. The average molecular weight is 212 g/mol. The van der Waals surface area contributed by atoms with E-state index in [9.17, 15) is 14.9 Å². The molecule has 0 aromatic heterocycles. The summed E-state index contributed by atoms with van der Waals surface area (Å²) in [6.45, 7) is 1.17. The van der Waals surface area contributed by atoms with Gasteiger partial charge >= 0.3 is 5.97 Å². The summed E-state index contributed by atoms with van der Waals surface area (Å²) >= 11 is 0. The lowest BCUT2D eigenvalue weighted by molar-refractivity contribution is -0.149. The van der Waals surface area contributed by atoms with Crippen molar-refractivity contribution in [3.63, 3.8) is 0 Å². The Morgan fingerprint density at radius 3 is 2.07 bits per heavy atom. The van der Waals surface area contributed by atoms with Gasteiger partial charge in [-0.2, -0.15) is 0 Å². The highest BCUT2D eigenvalue weighted by atomic mass is 16.4. The van der Waals surface area contributed by atoms with Gasteiger partial charge in [-0.15, -0.1) is 0 Å². The second-order valence-electron chi connectivity index (χ2n) is 4.91. The van der Waals surface area contributed by atoms with E-state index in [0.717, 1.165) is 38.5 Å². The summed E-state index contributed by atoms with van der Waals surface area (Å²) in [7, 11) is 0. The monoisotopic (exact) mass is 212 g/mol. The van der Waals surface area contributed by atoms with Crippen LogP contribution in [0.15, 0.2) is 0 Å². The van der Waals surface area contributed by atoms with Crippen molar-refractivity contribution in [1.82, 2.24) is 0 Å². The Balaban J connectivity index is 2.71. The maximum Gasteiger partial charge on any atom is 0.309 e. The van der Waals surface area contributed by atoms with Crippen LogP contribution >= 0.6 is 0 Å². The first-order valence-electron chi connectivity index (χ1n) is 5.98. The Kier molecular flexibility index (Phi) is 4.64. The molecule has 0 unspecified atom stereocenters. The molecule has 1 aliphatic carbocycles. The quantitative estimate of drug-likeness (QED) is 0.706. The molecule has 1 rings (SSSR count). The standard InChI is InChI=1S/C11H21BO3/c1-12(15)9-11(10(13)14)7-5-3-2-4-6-8-11/h15H,2-9H2,1H3,(H,13,14). The van der Waals surface area contributed by atoms with Gasteiger partial charge in [0.15, 0.2) is 0 Å². The first-order chi connectivity index (χ1) is 7.07. The van der Waals surface area contributed by atoms with E-state index in [-0.39, 0.29) is 0 Å². The molecule has 2 N–H and O–H groups in total. The Bertz CT molecular complexity index is 208. The van der Waals surface area contributed by atoms with E-state index >= 15 is 0 Å². The highest BCUT2D eigenvalue weighted by Crippen LogP contribution is 2.38. The molecule has 0 amide bonds. The largest absolute Gasteiger partial charge is 0.481 e. The molecule has 86 valence electrons. The van der Waals surface area contributed by atoms with E-state index in [0.29, 0.717) is 6.32 Å². The second kappa shape index (κ2) is 5.54. The van der Waals surface area contributed by atoms with Gasteiger partial charge in [0.2, 0.25) is 0 Å². The Morgan fingerprint density at radius 2 is 1.67 bits per heavy atom. The zero-order valence-electron chi connectivity index (χ0n) is 9.54. The Morgan fingerprint density at radius 1 is 1.20 bits per heavy atom. The van der Waals surface area contributed by atoms with Crippen LogP contribution in [0.2, 0.25) is 13.1 Å². The van der Waals surface area contributed by atoms with E-state index in [1.165, 1.54) is 6.42 Å². The first-order valence-corrected chi connectivity index (χ1v) is 5.98. The predicted molar refractivity (Wildman–Crippen MR) is 61.0 cm³/mol. The van der Waals surface area contributed by atoms with Crippen molar-refractivity contribution >= 4 is 12.9 Å². The van der Waals surface area contributed by atoms with Crippen molar-refractivity contribution in [2.75, 3.05) is 0 Å². The van der Waals surface area contributed by atoms with E-state index in [1.807, 2.05) is 0 Å². The third-order valence-electron chi connectivity index (χ3n) is 3.45. The molecule has 0 heterocycles. The topological polar surface area (TPSA) is 57.5 Å². The van der Waals surface area contributed by atoms with Crippen LogP contribution in [0, 0.1) is 5.41 Å². The molecule has 4 heteroatoms. The van der Waals surface area contributed by atoms with Gasteiger partial charge in [-0.3, -0.25) is 4.79 Å². The minimum Gasteiger partial charge on any atom is -0.481 e. The van der Waals surface area contributed by atoms with E-state index in [2.05, 4.69) is 0 Å². The second-order valence-corrected chi connectivity index (χ2v) is 4.91. The maximum absolute atomic E-state index is 11.4. The lowest BCUT2D eigenvalue weighted by Crippen LogP contribution is -2.35. The summed E-state index contributed by atoms with van der Waals surface area (Å²) in [4.78, 5) is 11.4. The molecule has 1 saturated carbocycles. The molecule has 1 fully saturated rings. The van der Waals surface area contributed by atoms with Gasteiger partial charge in [0.05, 0.1) is 5.41 Å². The average Bonchev–Trinajstić information content (AvgIpc) is 2.08. The molecule has 15 heavy (non-hydrogen) atoms. The first kappa shape index (κ1) is 12.6. The molecule has 3 nitrogen and oxygen atoms in total. The number of carboxylic acid groups (broad SMARTS) is 1. The lowest BCUT2D eigenvalue weighted by Gasteiger charge is -2.31. The molecule has 0 spiro atoms. The fraction of sp³-hybridized carbons (Fsp3) is 0.909. The van der Waals surface area contributed by atoms with Gasteiger partial charge in [-0.1, -0.05) is 38.9 Å². The molecule has 1 aliphatic rings. The molecule has 0 radical (unpaired) electrons. The summed E-state index contributed by atoms with van der Waals surface area (Å²) in [5.41, 5.74) is -0.658.